The molecule has 0 radical (unpaired) electrons. The van der Waals surface area contributed by atoms with E-state index in [0.717, 1.165) is 51.8 Å². The number of nitrogens with zero attached hydrogens (tertiary/aromatic N) is 4. The van der Waals surface area contributed by atoms with Crippen LogP contribution in [-0.4, -0.2) is 36.0 Å². The summed E-state index contributed by atoms with van der Waals surface area (Å²) >= 11 is 0. The van der Waals surface area contributed by atoms with Gasteiger partial charge in [0, 0.05) is 46.4 Å². The van der Waals surface area contributed by atoms with Crippen molar-refractivity contribution in [2.75, 3.05) is 5.32 Å². The van der Waals surface area contributed by atoms with Crippen molar-refractivity contribution in [3.63, 3.8) is 0 Å². The molecule has 1 aliphatic rings. The van der Waals surface area contributed by atoms with Gasteiger partial charge in [-0.15, -0.1) is 0 Å². The Morgan fingerprint density at radius 1 is 1.07 bits per heavy atom. The molecule has 1 fully saturated rings. The molecule has 0 aliphatic heterocycles. The predicted octanol–water partition coefficient (Wildman–Crippen LogP) is 3.91. The maximum atomic E-state index is 12.1. The molecule has 8 heteroatoms. The van der Waals surface area contributed by atoms with Gasteiger partial charge in [-0.2, -0.15) is 5.10 Å². The molecule has 8 nitrogen and oxygen atoms in total. The minimum atomic E-state index is 0.0621. The fourth-order valence-electron chi connectivity index (χ4n) is 3.61. The number of pyridine rings is 3. The molecule has 0 aromatic carbocycles. The zero-order chi connectivity index (χ0) is 20.1. The van der Waals surface area contributed by atoms with Gasteiger partial charge in [-0.3, -0.25) is 14.9 Å². The van der Waals surface area contributed by atoms with Crippen molar-refractivity contribution in [2.24, 2.45) is 5.92 Å². The summed E-state index contributed by atoms with van der Waals surface area (Å²) in [5.41, 5.74) is 5.67. The van der Waals surface area contributed by atoms with Crippen LogP contribution in [0.3, 0.4) is 0 Å². The Kier molecular flexibility index (Phi) is 3.64. The highest BCUT2D eigenvalue weighted by molar-refractivity contribution is 5.96. The van der Waals surface area contributed by atoms with Crippen molar-refractivity contribution in [2.45, 2.75) is 12.8 Å². The molecule has 0 bridgehead atoms. The second-order valence-electron chi connectivity index (χ2n) is 7.54. The van der Waals surface area contributed by atoms with Gasteiger partial charge in [0.05, 0.1) is 23.3 Å². The highest BCUT2D eigenvalue weighted by Crippen LogP contribution is 2.32. The average molecular weight is 395 g/mol. The Bertz CT molecular complexity index is 1380. The predicted molar refractivity (Wildman–Crippen MR) is 114 cm³/mol. The minimum Gasteiger partial charge on any atom is -0.338 e. The van der Waals surface area contributed by atoms with Gasteiger partial charge < -0.3 is 10.3 Å². The number of rotatable bonds is 4. The number of anilines is 1. The van der Waals surface area contributed by atoms with Crippen LogP contribution in [0, 0.1) is 5.92 Å². The molecule has 0 saturated heterocycles. The lowest BCUT2D eigenvalue weighted by molar-refractivity contribution is -0.117. The lowest BCUT2D eigenvalue weighted by Crippen LogP contribution is -2.13. The van der Waals surface area contributed by atoms with Crippen molar-refractivity contribution in [3.8, 4) is 22.5 Å². The van der Waals surface area contributed by atoms with E-state index in [9.17, 15) is 4.79 Å². The number of fused-ring (bicyclic) bond motifs is 2. The molecular weight excluding hydrogens is 378 g/mol. The van der Waals surface area contributed by atoms with Crippen LogP contribution in [0.2, 0.25) is 0 Å². The fourth-order valence-corrected chi connectivity index (χ4v) is 3.61. The third-order valence-corrected chi connectivity index (χ3v) is 5.36. The van der Waals surface area contributed by atoms with Crippen LogP contribution >= 0.6 is 0 Å². The van der Waals surface area contributed by atoms with Crippen LogP contribution in [0.4, 0.5) is 5.69 Å². The van der Waals surface area contributed by atoms with E-state index >= 15 is 0 Å². The van der Waals surface area contributed by atoms with Crippen LogP contribution in [0.5, 0.6) is 0 Å². The highest BCUT2D eigenvalue weighted by Gasteiger charge is 2.29. The standard InChI is InChI=1S/C22H17N7O/c30-22(12-3-4-12)26-16-6-14(9-23-11-16)15-7-17-19(28-29-21(17)25-10-15)18-8-13-2-1-5-24-20(13)27-18/h1-2,5-12H,3-4H2,(H,24,27)(H,26,30)(H,25,28,29). The minimum absolute atomic E-state index is 0.0621. The number of nitrogens with one attached hydrogen (secondary N) is 3. The van der Waals surface area contributed by atoms with Crippen molar-refractivity contribution in [3.05, 3.63) is 55.1 Å². The summed E-state index contributed by atoms with van der Waals surface area (Å²) in [5.74, 6) is 0.207. The molecule has 0 unspecified atom stereocenters. The normalized spacial score (nSPS) is 13.7. The van der Waals surface area contributed by atoms with Crippen LogP contribution in [0.15, 0.2) is 55.1 Å². The first-order valence-corrected chi connectivity index (χ1v) is 9.79. The molecule has 146 valence electrons. The molecule has 0 atom stereocenters. The van der Waals surface area contributed by atoms with Crippen molar-refractivity contribution >= 4 is 33.7 Å². The van der Waals surface area contributed by atoms with Gasteiger partial charge in [0.2, 0.25) is 5.91 Å². The SMILES string of the molecule is O=C(Nc1cncc(-c2cnc3n[nH]c(-c4cc5cccnc5[nH]4)c3c2)c1)C1CC1. The third-order valence-electron chi connectivity index (χ3n) is 5.36. The van der Waals surface area contributed by atoms with Crippen molar-refractivity contribution in [1.29, 1.82) is 0 Å². The lowest BCUT2D eigenvalue weighted by atomic mass is 10.1. The Hall–Kier alpha value is -4.07. The van der Waals surface area contributed by atoms with Crippen LogP contribution in [0.1, 0.15) is 12.8 Å². The molecular formula is C22H17N7O. The van der Waals surface area contributed by atoms with Crippen molar-refractivity contribution < 1.29 is 4.79 Å². The number of aromatic amines is 2. The Balaban J connectivity index is 1.40. The summed E-state index contributed by atoms with van der Waals surface area (Å²) < 4.78 is 0. The highest BCUT2D eigenvalue weighted by atomic mass is 16.2. The Morgan fingerprint density at radius 3 is 2.83 bits per heavy atom. The van der Waals surface area contributed by atoms with E-state index in [1.54, 1.807) is 24.8 Å². The largest absolute Gasteiger partial charge is 0.338 e. The third kappa shape index (κ3) is 2.89. The molecule has 5 aromatic rings. The number of hydrogen-bond donors (Lipinski definition) is 3. The van der Waals surface area contributed by atoms with E-state index in [-0.39, 0.29) is 11.8 Å². The molecule has 30 heavy (non-hydrogen) atoms. The van der Waals surface area contributed by atoms with Gasteiger partial charge in [-0.25, -0.2) is 9.97 Å². The summed E-state index contributed by atoms with van der Waals surface area (Å²) in [7, 11) is 0. The number of hydrogen-bond acceptors (Lipinski definition) is 5. The molecule has 1 aliphatic carbocycles. The molecule has 6 rings (SSSR count). The number of aromatic nitrogens is 6. The fraction of sp³-hybridized carbons (Fsp3) is 0.136. The summed E-state index contributed by atoms with van der Waals surface area (Å²) in [6.07, 6.45) is 8.88. The first kappa shape index (κ1) is 16.8. The summed E-state index contributed by atoms with van der Waals surface area (Å²) in [6.45, 7) is 0. The van der Waals surface area contributed by atoms with E-state index < -0.39 is 0 Å². The molecule has 5 aromatic heterocycles. The average Bonchev–Trinajstić information content (AvgIpc) is 3.40. The van der Waals surface area contributed by atoms with Gasteiger partial charge in [0.15, 0.2) is 5.65 Å². The maximum absolute atomic E-state index is 12.1. The van der Waals surface area contributed by atoms with E-state index in [2.05, 4.69) is 35.5 Å². The molecule has 3 N–H and O–H groups in total. The quantitative estimate of drug-likeness (QED) is 0.427. The maximum Gasteiger partial charge on any atom is 0.227 e. The number of carbonyl (C=O) groups excluding carboxylic acids is 1. The van der Waals surface area contributed by atoms with Gasteiger partial charge in [0.25, 0.3) is 0 Å². The number of amides is 1. The van der Waals surface area contributed by atoms with Gasteiger partial charge >= 0.3 is 0 Å². The van der Waals surface area contributed by atoms with Crippen LogP contribution in [0.25, 0.3) is 44.6 Å². The number of carbonyl (C=O) groups is 1. The van der Waals surface area contributed by atoms with Gasteiger partial charge in [0.1, 0.15) is 5.65 Å². The van der Waals surface area contributed by atoms with Crippen LogP contribution in [-0.2, 0) is 4.79 Å². The number of H-pyrrole nitrogens is 2. The smallest absolute Gasteiger partial charge is 0.227 e. The van der Waals surface area contributed by atoms with Gasteiger partial charge in [-0.1, -0.05) is 0 Å². The van der Waals surface area contributed by atoms with E-state index in [4.69, 9.17) is 0 Å². The monoisotopic (exact) mass is 395 g/mol. The molecule has 5 heterocycles. The van der Waals surface area contributed by atoms with E-state index in [0.29, 0.717) is 11.3 Å². The molecule has 1 saturated carbocycles. The first-order chi connectivity index (χ1) is 14.7. The Morgan fingerprint density at radius 2 is 1.97 bits per heavy atom. The summed E-state index contributed by atoms with van der Waals surface area (Å²) in [6, 6.07) is 9.91. The Labute approximate surface area is 170 Å². The van der Waals surface area contributed by atoms with E-state index in [1.807, 2.05) is 30.3 Å². The van der Waals surface area contributed by atoms with Gasteiger partial charge in [-0.05, 0) is 43.2 Å². The lowest BCUT2D eigenvalue weighted by Gasteiger charge is -2.07. The molecule has 1 amide bonds. The van der Waals surface area contributed by atoms with Crippen molar-refractivity contribution in [1.82, 2.24) is 30.1 Å². The first-order valence-electron chi connectivity index (χ1n) is 9.79. The summed E-state index contributed by atoms with van der Waals surface area (Å²) in [4.78, 5) is 28.5. The van der Waals surface area contributed by atoms with Crippen LogP contribution < -0.4 is 5.32 Å². The topological polar surface area (TPSA) is 112 Å². The second-order valence-corrected chi connectivity index (χ2v) is 7.54. The zero-order valence-corrected chi connectivity index (χ0v) is 15.9. The second kappa shape index (κ2) is 6.48. The molecule has 0 spiro atoms. The zero-order valence-electron chi connectivity index (χ0n) is 15.9. The van der Waals surface area contributed by atoms with E-state index in [1.165, 1.54) is 0 Å². The summed E-state index contributed by atoms with van der Waals surface area (Å²) in [5, 5.41) is 12.3.